The first-order valence-electron chi connectivity index (χ1n) is 9.31. The molecular weight excluding hydrogens is 370 g/mol. The molecule has 0 atom stereocenters. The van der Waals surface area contributed by atoms with E-state index in [0.29, 0.717) is 5.82 Å². The van der Waals surface area contributed by atoms with Gasteiger partial charge >= 0.3 is 0 Å². The normalized spacial score (nSPS) is 14.5. The van der Waals surface area contributed by atoms with E-state index in [1.807, 2.05) is 36.4 Å². The van der Waals surface area contributed by atoms with Crippen molar-refractivity contribution < 1.29 is 0 Å². The highest BCUT2D eigenvalue weighted by molar-refractivity contribution is 7.22. The zero-order valence-corrected chi connectivity index (χ0v) is 15.9. The molecule has 1 N–H and O–H groups in total. The van der Waals surface area contributed by atoms with Crippen LogP contribution in [0.2, 0.25) is 0 Å². The van der Waals surface area contributed by atoms with Gasteiger partial charge in [0, 0.05) is 23.7 Å². The van der Waals surface area contributed by atoms with Gasteiger partial charge in [0.25, 0.3) is 5.56 Å². The summed E-state index contributed by atoms with van der Waals surface area (Å²) in [6.45, 7) is 0. The molecule has 0 radical (unpaired) electrons. The Hall–Kier alpha value is -3.24. The number of hydrogen-bond donors (Lipinski definition) is 1. The largest absolute Gasteiger partial charge is 0.316 e. The van der Waals surface area contributed by atoms with Crippen molar-refractivity contribution in [3.63, 3.8) is 0 Å². The molecule has 0 aliphatic heterocycles. The van der Waals surface area contributed by atoms with Gasteiger partial charge in [0.15, 0.2) is 5.13 Å². The summed E-state index contributed by atoms with van der Waals surface area (Å²) >= 11 is 1.56. The summed E-state index contributed by atoms with van der Waals surface area (Å²) in [5, 5.41) is 14.2. The predicted molar refractivity (Wildman–Crippen MR) is 111 cm³/mol. The topological polar surface area (TPSA) is 83.6 Å². The van der Waals surface area contributed by atoms with E-state index in [1.165, 1.54) is 0 Å². The van der Waals surface area contributed by atoms with Crippen LogP contribution in [-0.4, -0.2) is 14.5 Å². The van der Waals surface area contributed by atoms with Gasteiger partial charge in [0.05, 0.1) is 15.7 Å². The number of nitrogens with zero attached hydrogens (tertiary/aromatic N) is 4. The molecule has 1 fully saturated rings. The molecule has 0 spiro atoms. The molecule has 1 aromatic carbocycles. The summed E-state index contributed by atoms with van der Waals surface area (Å²) in [5.74, 6) is 0.641. The summed E-state index contributed by atoms with van der Waals surface area (Å²) in [6.07, 6.45) is 5.87. The molecule has 1 saturated carbocycles. The van der Waals surface area contributed by atoms with E-state index in [4.69, 9.17) is 0 Å². The van der Waals surface area contributed by atoms with Crippen LogP contribution in [0.4, 0.5) is 10.9 Å². The van der Waals surface area contributed by atoms with Gasteiger partial charge in [0.1, 0.15) is 17.5 Å². The average molecular weight is 387 g/mol. The fourth-order valence-corrected chi connectivity index (χ4v) is 4.81. The molecule has 0 unspecified atom stereocenters. The molecule has 28 heavy (non-hydrogen) atoms. The summed E-state index contributed by atoms with van der Waals surface area (Å²) in [7, 11) is 0. The molecular formula is C21H17N5OS. The molecule has 3 aromatic heterocycles. The maximum absolute atomic E-state index is 12.9. The molecule has 0 saturated heterocycles. The van der Waals surface area contributed by atoms with E-state index < -0.39 is 0 Å². The molecule has 1 aliphatic rings. The van der Waals surface area contributed by atoms with Crippen LogP contribution in [0.15, 0.2) is 47.4 Å². The van der Waals surface area contributed by atoms with Gasteiger partial charge in [-0.1, -0.05) is 36.3 Å². The first kappa shape index (κ1) is 16.9. The first-order valence-corrected chi connectivity index (χ1v) is 10.1. The van der Waals surface area contributed by atoms with E-state index in [9.17, 15) is 10.1 Å². The highest BCUT2D eigenvalue weighted by atomic mass is 32.1. The number of fused-ring (bicyclic) bond motifs is 2. The Morgan fingerprint density at radius 1 is 1.21 bits per heavy atom. The van der Waals surface area contributed by atoms with Gasteiger partial charge in [-0.25, -0.2) is 9.97 Å². The third kappa shape index (κ3) is 2.83. The van der Waals surface area contributed by atoms with Gasteiger partial charge in [-0.3, -0.25) is 4.79 Å². The number of benzene rings is 1. The van der Waals surface area contributed by atoms with Crippen LogP contribution in [0.1, 0.15) is 37.3 Å². The van der Waals surface area contributed by atoms with Crippen molar-refractivity contribution in [2.45, 2.75) is 31.7 Å². The van der Waals surface area contributed by atoms with E-state index in [0.717, 1.165) is 51.9 Å². The van der Waals surface area contributed by atoms with Crippen LogP contribution < -0.4 is 10.9 Å². The Labute approximate surface area is 165 Å². The first-order chi connectivity index (χ1) is 13.7. The number of rotatable bonds is 3. The standard InChI is InChI=1S/C21H17N5OS/c22-11-13-9-14-12-23-19(25-21-24-16-7-3-4-8-18(16)28-21)10-17(14)26(20(13)27)15-5-1-2-6-15/h3-4,7-10,12,15H,1-2,5-6H2,(H,23,24,25). The van der Waals surface area contributed by atoms with Crippen LogP contribution in [0.3, 0.4) is 0 Å². The minimum atomic E-state index is -0.209. The molecule has 7 heteroatoms. The van der Waals surface area contributed by atoms with Gasteiger partial charge in [-0.2, -0.15) is 5.26 Å². The van der Waals surface area contributed by atoms with Crippen LogP contribution in [-0.2, 0) is 0 Å². The molecule has 6 nitrogen and oxygen atoms in total. The Morgan fingerprint density at radius 3 is 2.82 bits per heavy atom. The van der Waals surface area contributed by atoms with E-state index in [1.54, 1.807) is 28.2 Å². The second-order valence-electron chi connectivity index (χ2n) is 7.02. The minimum Gasteiger partial charge on any atom is -0.316 e. The number of hydrogen-bond acceptors (Lipinski definition) is 6. The van der Waals surface area contributed by atoms with Crippen molar-refractivity contribution >= 4 is 43.4 Å². The Bertz CT molecular complexity index is 1260. The molecule has 0 bridgehead atoms. The number of para-hydroxylation sites is 1. The van der Waals surface area contributed by atoms with Gasteiger partial charge < -0.3 is 9.88 Å². The molecule has 1 aliphatic carbocycles. The summed E-state index contributed by atoms with van der Waals surface area (Å²) < 4.78 is 2.90. The van der Waals surface area contributed by atoms with Gasteiger partial charge in [0.2, 0.25) is 0 Å². The molecule has 5 rings (SSSR count). The van der Waals surface area contributed by atoms with Crippen molar-refractivity contribution in [1.82, 2.24) is 14.5 Å². The fourth-order valence-electron chi connectivity index (χ4n) is 3.94. The maximum Gasteiger partial charge on any atom is 0.269 e. The van der Waals surface area contributed by atoms with E-state index in [2.05, 4.69) is 15.3 Å². The monoisotopic (exact) mass is 387 g/mol. The number of nitrogens with one attached hydrogen (secondary N) is 1. The summed E-state index contributed by atoms with van der Waals surface area (Å²) in [5.41, 5.74) is 1.72. The zero-order chi connectivity index (χ0) is 19.1. The number of thiazole rings is 1. The lowest BCUT2D eigenvalue weighted by Crippen LogP contribution is -2.26. The Balaban J connectivity index is 1.62. The molecule has 0 amide bonds. The van der Waals surface area contributed by atoms with E-state index in [-0.39, 0.29) is 17.2 Å². The van der Waals surface area contributed by atoms with Crippen molar-refractivity contribution in [2.75, 3.05) is 5.32 Å². The Morgan fingerprint density at radius 2 is 2.04 bits per heavy atom. The summed E-state index contributed by atoms with van der Waals surface area (Å²) in [6, 6.07) is 13.7. The van der Waals surface area contributed by atoms with Crippen LogP contribution in [0.25, 0.3) is 21.1 Å². The molecule has 138 valence electrons. The third-order valence-electron chi connectivity index (χ3n) is 5.26. The maximum atomic E-state index is 12.9. The number of pyridine rings is 2. The SMILES string of the molecule is N#Cc1cc2cnc(Nc3nc4ccccc4s3)cc2n(C2CCCC2)c1=O. The average Bonchev–Trinajstić information content (AvgIpc) is 3.36. The quantitative estimate of drug-likeness (QED) is 0.549. The van der Waals surface area contributed by atoms with Gasteiger partial charge in [-0.05, 0) is 31.0 Å². The predicted octanol–water partition coefficient (Wildman–Crippen LogP) is 4.74. The second kappa shape index (κ2) is 6.73. The van der Waals surface area contributed by atoms with Crippen molar-refractivity contribution in [3.05, 3.63) is 58.5 Å². The smallest absolute Gasteiger partial charge is 0.269 e. The summed E-state index contributed by atoms with van der Waals surface area (Å²) in [4.78, 5) is 21.9. The number of aromatic nitrogens is 3. The molecule has 3 heterocycles. The third-order valence-corrected chi connectivity index (χ3v) is 6.21. The van der Waals surface area contributed by atoms with Crippen LogP contribution in [0.5, 0.6) is 0 Å². The van der Waals surface area contributed by atoms with E-state index >= 15 is 0 Å². The zero-order valence-electron chi connectivity index (χ0n) is 15.1. The van der Waals surface area contributed by atoms with Crippen LogP contribution >= 0.6 is 11.3 Å². The van der Waals surface area contributed by atoms with Crippen LogP contribution in [0, 0.1) is 11.3 Å². The second-order valence-corrected chi connectivity index (χ2v) is 8.05. The number of nitriles is 1. The number of anilines is 2. The molecule has 4 aromatic rings. The minimum absolute atomic E-state index is 0.140. The van der Waals surface area contributed by atoms with Gasteiger partial charge in [-0.15, -0.1) is 0 Å². The Kier molecular flexibility index (Phi) is 4.06. The lowest BCUT2D eigenvalue weighted by Gasteiger charge is -2.17. The van der Waals surface area contributed by atoms with Crippen molar-refractivity contribution in [3.8, 4) is 6.07 Å². The van der Waals surface area contributed by atoms with Crippen molar-refractivity contribution in [2.24, 2.45) is 0 Å². The van der Waals surface area contributed by atoms with Crippen molar-refractivity contribution in [1.29, 1.82) is 5.26 Å². The highest BCUT2D eigenvalue weighted by Gasteiger charge is 2.22. The highest BCUT2D eigenvalue weighted by Crippen LogP contribution is 2.32. The lowest BCUT2D eigenvalue weighted by molar-refractivity contribution is 0.519. The fraction of sp³-hybridized carbons (Fsp3) is 0.238. The lowest BCUT2D eigenvalue weighted by atomic mass is 10.1.